The highest BCUT2D eigenvalue weighted by Gasteiger charge is 2.30. The van der Waals surface area contributed by atoms with E-state index >= 15 is 0 Å². The Balaban J connectivity index is 2.15. The van der Waals surface area contributed by atoms with E-state index in [-0.39, 0.29) is 31.0 Å². The van der Waals surface area contributed by atoms with Gasteiger partial charge in [0, 0.05) is 18.3 Å². The van der Waals surface area contributed by atoms with Crippen LogP contribution >= 0.6 is 0 Å². The van der Waals surface area contributed by atoms with Gasteiger partial charge in [0.1, 0.15) is 11.8 Å². The molecule has 0 bridgehead atoms. The van der Waals surface area contributed by atoms with E-state index in [0.29, 0.717) is 18.4 Å². The minimum atomic E-state index is -4.31. The number of hydrogen-bond donors (Lipinski definition) is 2. The average Bonchev–Trinajstić information content (AvgIpc) is 2.75. The fourth-order valence-corrected chi connectivity index (χ4v) is 4.02. The van der Waals surface area contributed by atoms with E-state index in [1.54, 1.807) is 27.7 Å². The average molecular weight is 514 g/mol. The largest absolute Gasteiger partial charge is 0.480 e. The summed E-state index contributed by atoms with van der Waals surface area (Å²) >= 11 is 0. The summed E-state index contributed by atoms with van der Waals surface area (Å²) in [5.41, 5.74) is 0.240. The summed E-state index contributed by atoms with van der Waals surface area (Å²) < 4.78 is 38.8. The molecule has 8 heteroatoms. The van der Waals surface area contributed by atoms with Gasteiger partial charge in [0.2, 0.25) is 5.91 Å². The van der Waals surface area contributed by atoms with Gasteiger partial charge < -0.3 is 10.4 Å². The first kappa shape index (κ1) is 31.6. The van der Waals surface area contributed by atoms with Gasteiger partial charge in [0.15, 0.2) is 0 Å². The number of aryl methyl sites for hydroxylation is 2. The van der Waals surface area contributed by atoms with E-state index < -0.39 is 29.2 Å². The van der Waals surface area contributed by atoms with Crippen LogP contribution in [0.4, 0.5) is 13.2 Å². The highest BCUT2D eigenvalue weighted by molar-refractivity contribution is 5.86. The smallest absolute Gasteiger partial charge is 0.416 e. The van der Waals surface area contributed by atoms with Crippen molar-refractivity contribution in [3.63, 3.8) is 0 Å². The molecule has 0 aliphatic heterocycles. The van der Waals surface area contributed by atoms with Crippen LogP contribution in [0.5, 0.6) is 0 Å². The van der Waals surface area contributed by atoms with E-state index in [9.17, 15) is 32.7 Å². The number of halogens is 3. The van der Waals surface area contributed by atoms with Crippen LogP contribution in [-0.2, 0) is 27.0 Å². The van der Waals surface area contributed by atoms with Gasteiger partial charge in [-0.25, -0.2) is 4.79 Å². The predicted octanol–water partition coefficient (Wildman–Crippen LogP) is 7.03. The summed E-state index contributed by atoms with van der Waals surface area (Å²) in [6, 6.07) is 3.18. The number of nitrogens with one attached hydrogen (secondary N) is 1. The lowest BCUT2D eigenvalue weighted by Crippen LogP contribution is -2.41. The Kier molecular flexibility index (Phi) is 13.2. The Bertz CT molecular complexity index is 859. The van der Waals surface area contributed by atoms with Crippen molar-refractivity contribution in [2.45, 2.75) is 117 Å². The number of aliphatic carboxylic acids is 1. The lowest BCUT2D eigenvalue weighted by molar-refractivity contribution is -0.142. The van der Waals surface area contributed by atoms with Crippen molar-refractivity contribution in [2.75, 3.05) is 0 Å². The van der Waals surface area contributed by atoms with Crippen LogP contribution < -0.4 is 5.32 Å². The molecule has 1 rings (SSSR count). The molecule has 0 unspecified atom stereocenters. The van der Waals surface area contributed by atoms with Crippen molar-refractivity contribution in [1.82, 2.24) is 5.32 Å². The predicted molar refractivity (Wildman–Crippen MR) is 135 cm³/mol. The summed E-state index contributed by atoms with van der Waals surface area (Å²) in [5, 5.41) is 11.8. The molecule has 0 fully saturated rings. The quantitative estimate of drug-likeness (QED) is 0.232. The van der Waals surface area contributed by atoms with Crippen LogP contribution in [0, 0.1) is 12.3 Å². The first-order valence-corrected chi connectivity index (χ1v) is 12.9. The molecule has 2 N–H and O–H groups in total. The molecule has 0 aromatic heterocycles. The zero-order valence-corrected chi connectivity index (χ0v) is 22.1. The first-order valence-electron chi connectivity index (χ1n) is 12.9. The highest BCUT2D eigenvalue weighted by atomic mass is 19.4. The highest BCUT2D eigenvalue weighted by Crippen LogP contribution is 2.31. The van der Waals surface area contributed by atoms with Crippen LogP contribution in [-0.4, -0.2) is 28.8 Å². The van der Waals surface area contributed by atoms with Crippen LogP contribution in [0.2, 0.25) is 0 Å². The molecule has 0 aliphatic carbocycles. The van der Waals surface area contributed by atoms with Crippen LogP contribution in [0.15, 0.2) is 18.2 Å². The molecule has 0 spiro atoms. The van der Waals surface area contributed by atoms with Crippen molar-refractivity contribution in [3.05, 3.63) is 34.9 Å². The number of carboxylic acid groups (broad SMARTS) is 1. The Labute approximate surface area is 213 Å². The molecular formula is C28H42F3NO4. The maximum Gasteiger partial charge on any atom is 0.416 e. The number of carbonyl (C=O) groups is 3. The summed E-state index contributed by atoms with van der Waals surface area (Å²) in [6.07, 6.45) is 4.21. The Morgan fingerprint density at radius 2 is 1.42 bits per heavy atom. The van der Waals surface area contributed by atoms with Gasteiger partial charge in [-0.15, -0.1) is 0 Å². The normalized spacial score (nSPS) is 12.9. The van der Waals surface area contributed by atoms with Gasteiger partial charge in [-0.05, 0) is 50.3 Å². The zero-order valence-electron chi connectivity index (χ0n) is 22.1. The van der Waals surface area contributed by atoms with E-state index in [2.05, 4.69) is 5.32 Å². The molecular weight excluding hydrogens is 471 g/mol. The van der Waals surface area contributed by atoms with Crippen molar-refractivity contribution in [1.29, 1.82) is 0 Å². The van der Waals surface area contributed by atoms with Crippen LogP contribution in [0.3, 0.4) is 0 Å². The number of carbonyl (C=O) groups excluding carboxylic acids is 2. The molecule has 204 valence electrons. The monoisotopic (exact) mass is 513 g/mol. The molecule has 0 aliphatic rings. The van der Waals surface area contributed by atoms with E-state index in [1.807, 2.05) is 6.07 Å². The van der Waals surface area contributed by atoms with E-state index in [1.165, 1.54) is 12.1 Å². The number of hydrogen-bond acceptors (Lipinski definition) is 3. The van der Waals surface area contributed by atoms with Crippen molar-refractivity contribution < 1.29 is 32.7 Å². The van der Waals surface area contributed by atoms with Crippen molar-refractivity contribution >= 4 is 17.7 Å². The zero-order chi connectivity index (χ0) is 27.4. The number of alkyl halides is 3. The summed E-state index contributed by atoms with van der Waals surface area (Å²) in [7, 11) is 0. The maximum absolute atomic E-state index is 12.9. The minimum Gasteiger partial charge on any atom is -0.480 e. The third-order valence-electron chi connectivity index (χ3n) is 6.21. The van der Waals surface area contributed by atoms with Crippen LogP contribution in [0.25, 0.3) is 0 Å². The summed E-state index contributed by atoms with van der Waals surface area (Å²) in [6.45, 7) is 7.03. The third kappa shape index (κ3) is 13.1. The van der Waals surface area contributed by atoms with Gasteiger partial charge in [0.05, 0.1) is 5.56 Å². The number of amides is 1. The molecule has 0 saturated heterocycles. The molecule has 1 amide bonds. The third-order valence-corrected chi connectivity index (χ3v) is 6.21. The fourth-order valence-electron chi connectivity index (χ4n) is 4.02. The minimum absolute atomic E-state index is 0.0336. The molecule has 5 nitrogen and oxygen atoms in total. The van der Waals surface area contributed by atoms with Crippen molar-refractivity contribution in [2.24, 2.45) is 5.41 Å². The molecule has 0 heterocycles. The first-order chi connectivity index (χ1) is 16.7. The summed E-state index contributed by atoms with van der Waals surface area (Å²) in [4.78, 5) is 35.5. The lowest BCUT2D eigenvalue weighted by atomic mass is 9.87. The number of Topliss-reactive ketones (excluding diaryl/α,β-unsaturated/α-hetero) is 1. The van der Waals surface area contributed by atoms with Gasteiger partial charge in [0.25, 0.3) is 0 Å². The second kappa shape index (κ2) is 15.0. The van der Waals surface area contributed by atoms with E-state index in [4.69, 9.17) is 0 Å². The lowest BCUT2D eigenvalue weighted by Gasteiger charge is -2.19. The molecule has 0 saturated carbocycles. The Morgan fingerprint density at radius 1 is 0.861 bits per heavy atom. The topological polar surface area (TPSA) is 83.5 Å². The number of ketones is 1. The van der Waals surface area contributed by atoms with Crippen LogP contribution in [0.1, 0.15) is 108 Å². The SMILES string of the molecule is Cc1cc(CCCCCCCCCCC(=O)N[C@@H](CCC(=O)C(C)(C)C)C(=O)O)cc(C(F)(F)F)c1. The molecule has 1 atom stereocenters. The summed E-state index contributed by atoms with van der Waals surface area (Å²) in [5.74, 6) is -1.47. The standard InChI is InChI=1S/C28H42F3NO4/c1-20-17-21(19-22(18-20)28(29,30)31)13-11-9-7-5-6-8-10-12-14-25(34)32-23(26(35)36)15-16-24(33)27(2,3)4/h17-19,23H,5-16H2,1-4H3,(H,32,34)(H,35,36)/t23-/m0/s1. The fraction of sp³-hybridized carbons (Fsp3) is 0.679. The number of benzene rings is 1. The van der Waals surface area contributed by atoms with Crippen molar-refractivity contribution in [3.8, 4) is 0 Å². The molecule has 0 radical (unpaired) electrons. The maximum atomic E-state index is 12.9. The number of carboxylic acids is 1. The molecule has 36 heavy (non-hydrogen) atoms. The van der Waals surface area contributed by atoms with E-state index in [0.717, 1.165) is 50.5 Å². The number of unbranched alkanes of at least 4 members (excludes halogenated alkanes) is 7. The second-order valence-electron chi connectivity index (χ2n) is 10.7. The Hall–Kier alpha value is -2.38. The van der Waals surface area contributed by atoms with Gasteiger partial charge >= 0.3 is 12.1 Å². The van der Waals surface area contributed by atoms with Gasteiger partial charge in [-0.2, -0.15) is 13.2 Å². The van der Waals surface area contributed by atoms with Gasteiger partial charge in [-0.1, -0.05) is 70.9 Å². The molecule has 1 aromatic rings. The Morgan fingerprint density at radius 3 is 1.94 bits per heavy atom. The molecule has 1 aromatic carbocycles. The second-order valence-corrected chi connectivity index (χ2v) is 10.7. The van der Waals surface area contributed by atoms with Gasteiger partial charge in [-0.3, -0.25) is 9.59 Å². The number of rotatable bonds is 16.